The molecule has 0 unspecified atom stereocenters. The van der Waals surface area contributed by atoms with Gasteiger partial charge < -0.3 is 10.2 Å². The second kappa shape index (κ2) is 4.94. The van der Waals surface area contributed by atoms with Crippen molar-refractivity contribution in [3.63, 3.8) is 0 Å². The quantitative estimate of drug-likeness (QED) is 0.894. The average Bonchev–Trinajstić information content (AvgIpc) is 2.17. The molecule has 2 heterocycles. The smallest absolute Gasteiger partial charge is 0.0540 e. The molecule has 1 aliphatic rings. The van der Waals surface area contributed by atoms with Crippen molar-refractivity contribution in [2.24, 2.45) is 0 Å². The fourth-order valence-corrected chi connectivity index (χ4v) is 2.38. The average molecular weight is 270 g/mol. The molecule has 15 heavy (non-hydrogen) atoms. The zero-order valence-corrected chi connectivity index (χ0v) is 10.5. The lowest BCUT2D eigenvalue weighted by atomic mass is 10.1. The van der Waals surface area contributed by atoms with E-state index >= 15 is 0 Å². The van der Waals surface area contributed by atoms with Gasteiger partial charge in [0.15, 0.2) is 0 Å². The number of halogens is 1. The van der Waals surface area contributed by atoms with E-state index in [4.69, 9.17) is 0 Å². The highest BCUT2D eigenvalue weighted by Gasteiger charge is 2.16. The fourth-order valence-electron chi connectivity index (χ4n) is 2.01. The third-order valence-corrected chi connectivity index (χ3v) is 3.13. The third kappa shape index (κ3) is 3.18. The summed E-state index contributed by atoms with van der Waals surface area (Å²) in [6.07, 6.45) is 6.20. The van der Waals surface area contributed by atoms with Gasteiger partial charge in [0.2, 0.25) is 0 Å². The highest BCUT2D eigenvalue weighted by molar-refractivity contribution is 9.10. The molecule has 0 bridgehead atoms. The van der Waals surface area contributed by atoms with Crippen molar-refractivity contribution in [2.75, 3.05) is 25.5 Å². The Bertz CT molecular complexity index is 329. The molecule has 0 aromatic carbocycles. The molecule has 82 valence electrons. The number of rotatable bonds is 2. The number of likely N-dealkylation sites (tertiary alicyclic amines) is 1. The number of likely N-dealkylation sites (N-methyl/N-ethyl adjacent to an activating group) is 1. The van der Waals surface area contributed by atoms with Crippen molar-refractivity contribution in [1.82, 2.24) is 9.88 Å². The first-order chi connectivity index (χ1) is 7.24. The van der Waals surface area contributed by atoms with Gasteiger partial charge in [0.25, 0.3) is 0 Å². The first kappa shape index (κ1) is 10.9. The van der Waals surface area contributed by atoms with Crippen molar-refractivity contribution in [3.8, 4) is 0 Å². The molecule has 4 heteroatoms. The number of nitrogens with one attached hydrogen (secondary N) is 1. The molecule has 0 radical (unpaired) electrons. The molecule has 3 nitrogen and oxygen atoms in total. The van der Waals surface area contributed by atoms with Crippen molar-refractivity contribution in [2.45, 2.75) is 18.9 Å². The Balaban J connectivity index is 1.96. The van der Waals surface area contributed by atoms with Crippen LogP contribution < -0.4 is 5.32 Å². The van der Waals surface area contributed by atoms with Gasteiger partial charge in [-0.3, -0.25) is 4.98 Å². The number of hydrogen-bond donors (Lipinski definition) is 1. The predicted octanol–water partition coefficient (Wildman–Crippen LogP) is 2.35. The second-order valence-corrected chi connectivity index (χ2v) is 5.05. The Hall–Kier alpha value is -0.610. The number of nitrogens with zero attached hydrogens (tertiary/aromatic N) is 2. The standard InChI is InChI=1S/C11H16BrN3/c1-15-4-2-3-10(8-15)14-11-5-9(12)6-13-7-11/h5-7,10,14H,2-4,8H2,1H3/t10-/m1/s1. The molecule has 1 saturated heterocycles. The van der Waals surface area contributed by atoms with Crippen LogP contribution in [-0.4, -0.2) is 36.1 Å². The largest absolute Gasteiger partial charge is 0.380 e. The summed E-state index contributed by atoms with van der Waals surface area (Å²) in [5.74, 6) is 0. The highest BCUT2D eigenvalue weighted by atomic mass is 79.9. The van der Waals surface area contributed by atoms with E-state index in [9.17, 15) is 0 Å². The lowest BCUT2D eigenvalue weighted by Crippen LogP contribution is -2.39. The molecule has 0 saturated carbocycles. The van der Waals surface area contributed by atoms with E-state index in [0.717, 1.165) is 16.7 Å². The molecule has 1 aliphatic heterocycles. The lowest BCUT2D eigenvalue weighted by molar-refractivity contribution is 0.261. The van der Waals surface area contributed by atoms with Crippen molar-refractivity contribution < 1.29 is 0 Å². The maximum Gasteiger partial charge on any atom is 0.0540 e. The summed E-state index contributed by atoms with van der Waals surface area (Å²) in [6, 6.07) is 2.63. The first-order valence-corrected chi connectivity index (χ1v) is 6.09. The van der Waals surface area contributed by atoms with E-state index < -0.39 is 0 Å². The minimum Gasteiger partial charge on any atom is -0.380 e. The summed E-state index contributed by atoms with van der Waals surface area (Å²) in [4.78, 5) is 6.51. The predicted molar refractivity (Wildman–Crippen MR) is 66.1 cm³/mol. The van der Waals surface area contributed by atoms with E-state index in [1.165, 1.54) is 19.4 Å². The van der Waals surface area contributed by atoms with E-state index in [1.54, 1.807) is 6.20 Å². The normalized spacial score (nSPS) is 22.7. The minimum absolute atomic E-state index is 0.555. The summed E-state index contributed by atoms with van der Waals surface area (Å²) in [5, 5.41) is 3.52. The van der Waals surface area contributed by atoms with Crippen molar-refractivity contribution >= 4 is 21.6 Å². The van der Waals surface area contributed by atoms with Crippen molar-refractivity contribution in [3.05, 3.63) is 22.9 Å². The van der Waals surface area contributed by atoms with E-state index in [2.05, 4.69) is 44.2 Å². The number of anilines is 1. The van der Waals surface area contributed by atoms with Crippen LogP contribution in [0.1, 0.15) is 12.8 Å². The van der Waals surface area contributed by atoms with Gasteiger partial charge >= 0.3 is 0 Å². The number of piperidine rings is 1. The number of pyridine rings is 1. The first-order valence-electron chi connectivity index (χ1n) is 5.29. The van der Waals surface area contributed by atoms with Crippen LogP contribution in [0.5, 0.6) is 0 Å². The third-order valence-electron chi connectivity index (χ3n) is 2.70. The molecule has 1 fully saturated rings. The topological polar surface area (TPSA) is 28.2 Å². The monoisotopic (exact) mass is 269 g/mol. The van der Waals surface area contributed by atoms with Gasteiger partial charge in [0.05, 0.1) is 11.9 Å². The minimum atomic E-state index is 0.555. The Kier molecular flexibility index (Phi) is 3.59. The summed E-state index contributed by atoms with van der Waals surface area (Å²) >= 11 is 3.43. The summed E-state index contributed by atoms with van der Waals surface area (Å²) < 4.78 is 1.02. The Morgan fingerprint density at radius 1 is 1.53 bits per heavy atom. The molecule has 0 aliphatic carbocycles. The van der Waals surface area contributed by atoms with Crippen LogP contribution >= 0.6 is 15.9 Å². The van der Waals surface area contributed by atoms with Gasteiger partial charge in [-0.2, -0.15) is 0 Å². The molecule has 2 rings (SSSR count). The van der Waals surface area contributed by atoms with Crippen LogP contribution in [0.2, 0.25) is 0 Å². The molecule has 0 amide bonds. The Labute approximate surface area is 99.0 Å². The van der Waals surface area contributed by atoms with Crippen LogP contribution in [0.3, 0.4) is 0 Å². The lowest BCUT2D eigenvalue weighted by Gasteiger charge is -2.30. The SMILES string of the molecule is CN1CCC[C@@H](Nc2cncc(Br)c2)C1. The number of aromatic nitrogens is 1. The molecule has 1 atom stereocenters. The Morgan fingerprint density at radius 3 is 3.13 bits per heavy atom. The molecule has 1 N–H and O–H groups in total. The zero-order chi connectivity index (χ0) is 10.7. The van der Waals surface area contributed by atoms with E-state index in [1.807, 2.05) is 6.20 Å². The van der Waals surface area contributed by atoms with Gasteiger partial charge in [0.1, 0.15) is 0 Å². The van der Waals surface area contributed by atoms with Crippen LogP contribution in [0.25, 0.3) is 0 Å². The van der Waals surface area contributed by atoms with Crippen LogP contribution in [0.4, 0.5) is 5.69 Å². The van der Waals surface area contributed by atoms with Crippen LogP contribution in [0.15, 0.2) is 22.9 Å². The number of hydrogen-bond acceptors (Lipinski definition) is 3. The van der Waals surface area contributed by atoms with E-state index in [-0.39, 0.29) is 0 Å². The fraction of sp³-hybridized carbons (Fsp3) is 0.545. The maximum atomic E-state index is 4.15. The molecular weight excluding hydrogens is 254 g/mol. The van der Waals surface area contributed by atoms with Gasteiger partial charge in [-0.15, -0.1) is 0 Å². The van der Waals surface area contributed by atoms with E-state index in [0.29, 0.717) is 6.04 Å². The molecule has 1 aromatic heterocycles. The van der Waals surface area contributed by atoms with Crippen molar-refractivity contribution in [1.29, 1.82) is 0 Å². The summed E-state index contributed by atoms with van der Waals surface area (Å²) in [5.41, 5.74) is 1.10. The van der Waals surface area contributed by atoms with Crippen LogP contribution in [0, 0.1) is 0 Å². The molecule has 0 spiro atoms. The Morgan fingerprint density at radius 2 is 2.40 bits per heavy atom. The molecule has 1 aromatic rings. The zero-order valence-electron chi connectivity index (χ0n) is 8.91. The van der Waals surface area contributed by atoms with Crippen LogP contribution in [-0.2, 0) is 0 Å². The van der Waals surface area contributed by atoms with Gasteiger partial charge in [-0.25, -0.2) is 0 Å². The van der Waals surface area contributed by atoms with Gasteiger partial charge in [-0.05, 0) is 48.4 Å². The maximum absolute atomic E-state index is 4.15. The highest BCUT2D eigenvalue weighted by Crippen LogP contribution is 2.17. The van der Waals surface area contributed by atoms with Gasteiger partial charge in [0, 0.05) is 23.3 Å². The van der Waals surface area contributed by atoms with Gasteiger partial charge in [-0.1, -0.05) is 0 Å². The second-order valence-electron chi connectivity index (χ2n) is 4.14. The summed E-state index contributed by atoms with van der Waals surface area (Å²) in [7, 11) is 2.17. The molecular formula is C11H16BrN3. The summed E-state index contributed by atoms with van der Waals surface area (Å²) in [6.45, 7) is 2.33.